The Morgan fingerprint density at radius 3 is 2.79 bits per heavy atom. The minimum Gasteiger partial charge on any atom is -0.393 e. The number of thiazole rings is 1. The summed E-state index contributed by atoms with van der Waals surface area (Å²) in [6.45, 7) is 3.76. The fraction of sp³-hybridized carbons (Fsp3) is 0.190. The first-order chi connectivity index (χ1) is 13.7. The summed E-state index contributed by atoms with van der Waals surface area (Å²) in [5.41, 5.74) is 11.9. The van der Waals surface area contributed by atoms with Crippen molar-refractivity contribution >= 4 is 44.0 Å². The number of benzene rings is 2. The average Bonchev–Trinajstić information content (AvgIpc) is 3.13. The number of hydrogen-bond acceptors (Lipinski definition) is 7. The van der Waals surface area contributed by atoms with Gasteiger partial charge in [0.15, 0.2) is 16.8 Å². The third-order valence-corrected chi connectivity index (χ3v) is 6.08. The van der Waals surface area contributed by atoms with Crippen molar-refractivity contribution in [1.82, 2.24) is 15.0 Å². The highest BCUT2D eigenvalue weighted by molar-refractivity contribution is 7.22. The number of aryl methyl sites for hydroxylation is 1. The Hall–Kier alpha value is -3.19. The van der Waals surface area contributed by atoms with E-state index in [0.29, 0.717) is 11.5 Å². The van der Waals surface area contributed by atoms with Crippen LogP contribution in [0.25, 0.3) is 10.2 Å². The molecule has 3 N–H and O–H groups in total. The van der Waals surface area contributed by atoms with Crippen molar-refractivity contribution in [1.29, 1.82) is 0 Å². The lowest BCUT2D eigenvalue weighted by Gasteiger charge is -2.30. The van der Waals surface area contributed by atoms with Crippen LogP contribution >= 0.6 is 11.3 Å². The van der Waals surface area contributed by atoms with Gasteiger partial charge in [-0.3, -0.25) is 0 Å². The number of fused-ring (bicyclic) bond motifs is 2. The fourth-order valence-electron chi connectivity index (χ4n) is 3.66. The van der Waals surface area contributed by atoms with Crippen molar-refractivity contribution in [2.75, 3.05) is 22.5 Å². The standard InChI is InChI=1S/C21H20N6S/c1-13-5-4-8-16-18(13)25-21(28-16)26-19-17(22)20(24-12-23-19)27-10-9-14-6-2-3-7-15(14)11-27/h2-8,12H,9-11,22H2,1H3,(H,23,24,25,26). The van der Waals surface area contributed by atoms with E-state index in [2.05, 4.69) is 63.5 Å². The minimum absolute atomic E-state index is 0.554. The first-order valence-corrected chi connectivity index (χ1v) is 10.1. The van der Waals surface area contributed by atoms with Gasteiger partial charge in [0.1, 0.15) is 12.0 Å². The normalized spacial score (nSPS) is 13.5. The van der Waals surface area contributed by atoms with E-state index < -0.39 is 0 Å². The van der Waals surface area contributed by atoms with Gasteiger partial charge in [-0.05, 0) is 36.1 Å². The molecule has 0 spiro atoms. The third kappa shape index (κ3) is 2.93. The molecule has 1 aliphatic heterocycles. The summed E-state index contributed by atoms with van der Waals surface area (Å²) in [7, 11) is 0. The topological polar surface area (TPSA) is 80.0 Å². The third-order valence-electron chi connectivity index (χ3n) is 5.14. The highest BCUT2D eigenvalue weighted by atomic mass is 32.1. The van der Waals surface area contributed by atoms with Gasteiger partial charge in [-0.15, -0.1) is 0 Å². The number of anilines is 4. The lowest BCUT2D eigenvalue weighted by atomic mass is 10.00. The van der Waals surface area contributed by atoms with Gasteiger partial charge in [-0.1, -0.05) is 47.7 Å². The fourth-order valence-corrected chi connectivity index (χ4v) is 4.60. The van der Waals surface area contributed by atoms with E-state index in [4.69, 9.17) is 10.7 Å². The molecular formula is C21H20N6S. The maximum absolute atomic E-state index is 6.45. The van der Waals surface area contributed by atoms with Crippen LogP contribution in [0.1, 0.15) is 16.7 Å². The van der Waals surface area contributed by atoms with Gasteiger partial charge >= 0.3 is 0 Å². The molecule has 0 unspecified atom stereocenters. The Balaban J connectivity index is 1.45. The average molecular weight is 389 g/mol. The van der Waals surface area contributed by atoms with Crippen molar-refractivity contribution in [3.63, 3.8) is 0 Å². The first kappa shape index (κ1) is 16.9. The molecule has 6 nitrogen and oxygen atoms in total. The predicted molar refractivity (Wildman–Crippen MR) is 115 cm³/mol. The molecule has 0 radical (unpaired) electrons. The first-order valence-electron chi connectivity index (χ1n) is 9.24. The van der Waals surface area contributed by atoms with Crippen LogP contribution in [0.15, 0.2) is 48.8 Å². The second kappa shape index (κ2) is 6.76. The highest BCUT2D eigenvalue weighted by Crippen LogP contribution is 2.34. The van der Waals surface area contributed by atoms with E-state index in [1.807, 2.05) is 6.07 Å². The molecule has 0 saturated carbocycles. The van der Waals surface area contributed by atoms with Crippen LogP contribution in [-0.4, -0.2) is 21.5 Å². The SMILES string of the molecule is Cc1cccc2sc(Nc3ncnc(N4CCc5ccccc5C4)c3N)nc12. The lowest BCUT2D eigenvalue weighted by Crippen LogP contribution is -2.31. The largest absolute Gasteiger partial charge is 0.393 e. The molecule has 2 aromatic heterocycles. The molecule has 1 aliphatic rings. The van der Waals surface area contributed by atoms with Gasteiger partial charge in [-0.2, -0.15) is 0 Å². The van der Waals surface area contributed by atoms with Gasteiger partial charge in [0.2, 0.25) is 0 Å². The molecular weight excluding hydrogens is 368 g/mol. The number of rotatable bonds is 3. The smallest absolute Gasteiger partial charge is 0.189 e. The maximum Gasteiger partial charge on any atom is 0.189 e. The minimum atomic E-state index is 0.554. The zero-order valence-corrected chi connectivity index (χ0v) is 16.3. The van der Waals surface area contributed by atoms with Gasteiger partial charge in [0.05, 0.1) is 10.2 Å². The zero-order valence-electron chi connectivity index (χ0n) is 15.5. The van der Waals surface area contributed by atoms with Crippen LogP contribution in [0.3, 0.4) is 0 Å². The number of nitrogens with two attached hydrogens (primary N) is 1. The molecule has 4 aromatic rings. The van der Waals surface area contributed by atoms with Gasteiger partial charge in [0.25, 0.3) is 0 Å². The Morgan fingerprint density at radius 2 is 1.93 bits per heavy atom. The number of aromatic nitrogens is 3. The van der Waals surface area contributed by atoms with Crippen molar-refractivity contribution in [2.24, 2.45) is 0 Å². The van der Waals surface area contributed by atoms with Gasteiger partial charge in [0, 0.05) is 13.1 Å². The van der Waals surface area contributed by atoms with E-state index >= 15 is 0 Å². The Labute approximate surface area is 167 Å². The van der Waals surface area contributed by atoms with Crippen molar-refractivity contribution in [3.05, 3.63) is 65.5 Å². The molecule has 140 valence electrons. The number of para-hydroxylation sites is 1. The van der Waals surface area contributed by atoms with Crippen molar-refractivity contribution in [3.8, 4) is 0 Å². The molecule has 0 aliphatic carbocycles. The number of hydrogen-bond donors (Lipinski definition) is 2. The van der Waals surface area contributed by atoms with E-state index in [9.17, 15) is 0 Å². The van der Waals surface area contributed by atoms with Crippen LogP contribution in [0.2, 0.25) is 0 Å². The maximum atomic E-state index is 6.45. The highest BCUT2D eigenvalue weighted by Gasteiger charge is 2.21. The molecule has 0 amide bonds. The second-order valence-electron chi connectivity index (χ2n) is 6.97. The number of nitrogen functional groups attached to an aromatic ring is 1. The van der Waals surface area contributed by atoms with Gasteiger partial charge < -0.3 is 16.0 Å². The number of nitrogens with one attached hydrogen (secondary N) is 1. The van der Waals surface area contributed by atoms with Crippen LogP contribution in [0.5, 0.6) is 0 Å². The van der Waals surface area contributed by atoms with Crippen LogP contribution in [0.4, 0.5) is 22.5 Å². The van der Waals surface area contributed by atoms with Crippen molar-refractivity contribution in [2.45, 2.75) is 19.9 Å². The molecule has 3 heterocycles. The summed E-state index contributed by atoms with van der Waals surface area (Å²) < 4.78 is 1.14. The molecule has 0 atom stereocenters. The van der Waals surface area contributed by atoms with Gasteiger partial charge in [-0.25, -0.2) is 15.0 Å². The zero-order chi connectivity index (χ0) is 19.1. The summed E-state index contributed by atoms with van der Waals surface area (Å²) in [5, 5.41) is 4.07. The molecule has 0 saturated heterocycles. The second-order valence-corrected chi connectivity index (χ2v) is 8.00. The summed E-state index contributed by atoms with van der Waals surface area (Å²) in [4.78, 5) is 15.7. The van der Waals surface area contributed by atoms with E-state index in [0.717, 1.165) is 46.2 Å². The van der Waals surface area contributed by atoms with Crippen LogP contribution in [-0.2, 0) is 13.0 Å². The monoisotopic (exact) mass is 388 g/mol. The Bertz CT molecular complexity index is 1170. The van der Waals surface area contributed by atoms with Crippen molar-refractivity contribution < 1.29 is 0 Å². The quantitative estimate of drug-likeness (QED) is 0.545. The number of nitrogens with zero attached hydrogens (tertiary/aromatic N) is 4. The van der Waals surface area contributed by atoms with E-state index in [-0.39, 0.29) is 0 Å². The summed E-state index contributed by atoms with van der Waals surface area (Å²) in [6.07, 6.45) is 2.55. The molecule has 0 bridgehead atoms. The Kier molecular flexibility index (Phi) is 4.09. The molecule has 0 fully saturated rings. The predicted octanol–water partition coefficient (Wildman–Crippen LogP) is 4.28. The molecule has 28 heavy (non-hydrogen) atoms. The lowest BCUT2D eigenvalue weighted by molar-refractivity contribution is 0.721. The van der Waals surface area contributed by atoms with E-state index in [1.54, 1.807) is 17.7 Å². The van der Waals surface area contributed by atoms with E-state index in [1.165, 1.54) is 11.1 Å². The molecule has 2 aromatic carbocycles. The Morgan fingerprint density at radius 1 is 1.07 bits per heavy atom. The summed E-state index contributed by atoms with van der Waals surface area (Å²) in [6, 6.07) is 14.7. The van der Waals surface area contributed by atoms with Crippen LogP contribution < -0.4 is 16.0 Å². The molecule has 7 heteroatoms. The summed E-state index contributed by atoms with van der Waals surface area (Å²) >= 11 is 1.60. The van der Waals surface area contributed by atoms with Crippen LogP contribution in [0, 0.1) is 6.92 Å². The summed E-state index contributed by atoms with van der Waals surface area (Å²) in [5.74, 6) is 1.37. The molecule has 5 rings (SSSR count).